The fourth-order valence-electron chi connectivity index (χ4n) is 4.80. The Bertz CT molecular complexity index is 1350. The number of aromatic nitrogens is 3. The number of rotatable bonds is 7. The molecule has 0 bridgehead atoms. The zero-order valence-electron chi connectivity index (χ0n) is 20.5. The normalized spacial score (nSPS) is 16.4. The summed E-state index contributed by atoms with van der Waals surface area (Å²) in [5, 5.41) is 3.63. The van der Waals surface area contributed by atoms with E-state index in [0.717, 1.165) is 12.5 Å². The molecule has 0 saturated carbocycles. The number of amides is 1. The number of nitrogens with zero attached hydrogens (tertiary/aromatic N) is 4. The van der Waals surface area contributed by atoms with Crippen LogP contribution in [0.3, 0.4) is 0 Å². The van der Waals surface area contributed by atoms with E-state index in [1.54, 1.807) is 31.9 Å². The van der Waals surface area contributed by atoms with Crippen LogP contribution in [-0.2, 0) is 22.2 Å². The lowest BCUT2D eigenvalue weighted by molar-refractivity contribution is -0.124. The third-order valence-corrected chi connectivity index (χ3v) is 6.93. The highest BCUT2D eigenvalue weighted by Gasteiger charge is 2.39. The van der Waals surface area contributed by atoms with Crippen molar-refractivity contribution < 1.29 is 22.7 Å². The van der Waals surface area contributed by atoms with Gasteiger partial charge in [0.1, 0.15) is 28.7 Å². The topological polar surface area (TPSA) is 89.3 Å². The molecule has 1 atom stereocenters. The molecule has 192 valence electrons. The monoisotopic (exact) mass is 503 g/mol. The molecule has 1 N–H and O–H groups in total. The molecule has 0 radical (unpaired) electrons. The number of benzene rings is 1. The first-order valence-corrected chi connectivity index (χ1v) is 11.6. The average molecular weight is 504 g/mol. The quantitative estimate of drug-likeness (QED) is 0.491. The van der Waals surface area contributed by atoms with Gasteiger partial charge in [0.25, 0.3) is 12.0 Å². The molecule has 1 fully saturated rings. The number of nitrogens with one attached hydrogen (secondary N) is 1. The maximum absolute atomic E-state index is 14.8. The Morgan fingerprint density at radius 2 is 1.86 bits per heavy atom. The van der Waals surface area contributed by atoms with Crippen molar-refractivity contribution in [3.63, 3.8) is 0 Å². The van der Waals surface area contributed by atoms with Gasteiger partial charge >= 0.3 is 0 Å². The SMILES string of the molecule is COC1(c2cc3c(N[C@H](C)c4cccc(C(F)F)c4F)nc(C)nc3n(C)c2=O)CCN(C=O)CC1. The predicted octanol–water partition coefficient (Wildman–Crippen LogP) is 3.98. The molecule has 0 unspecified atom stereocenters. The number of hydrogen-bond acceptors (Lipinski definition) is 6. The predicted molar refractivity (Wildman–Crippen MR) is 128 cm³/mol. The Morgan fingerprint density at radius 3 is 2.47 bits per heavy atom. The van der Waals surface area contributed by atoms with E-state index < -0.39 is 29.4 Å². The molecule has 8 nitrogen and oxygen atoms in total. The van der Waals surface area contributed by atoms with Crippen LogP contribution >= 0.6 is 0 Å². The summed E-state index contributed by atoms with van der Waals surface area (Å²) >= 11 is 0. The number of piperidine rings is 1. The molecule has 3 aromatic rings. The number of alkyl halides is 2. The fourth-order valence-corrected chi connectivity index (χ4v) is 4.80. The minimum absolute atomic E-state index is 0.0665. The maximum atomic E-state index is 14.8. The third-order valence-electron chi connectivity index (χ3n) is 6.93. The van der Waals surface area contributed by atoms with Gasteiger partial charge in [0.05, 0.1) is 22.6 Å². The van der Waals surface area contributed by atoms with E-state index >= 15 is 0 Å². The van der Waals surface area contributed by atoms with E-state index in [0.29, 0.717) is 54.2 Å². The van der Waals surface area contributed by atoms with Gasteiger partial charge < -0.3 is 15.0 Å². The second kappa shape index (κ2) is 9.88. The van der Waals surface area contributed by atoms with Crippen LogP contribution in [0.4, 0.5) is 19.0 Å². The summed E-state index contributed by atoms with van der Waals surface area (Å²) < 4.78 is 48.6. The minimum atomic E-state index is -2.94. The van der Waals surface area contributed by atoms with Crippen LogP contribution in [0.5, 0.6) is 0 Å². The van der Waals surface area contributed by atoms with Gasteiger partial charge in [-0.25, -0.2) is 23.1 Å². The maximum Gasteiger partial charge on any atom is 0.266 e. The molecule has 1 amide bonds. The molecule has 1 saturated heterocycles. The van der Waals surface area contributed by atoms with Crippen molar-refractivity contribution in [2.45, 2.75) is 44.8 Å². The van der Waals surface area contributed by atoms with Gasteiger partial charge in [0, 0.05) is 32.8 Å². The largest absolute Gasteiger partial charge is 0.373 e. The number of aryl methyl sites for hydroxylation is 2. The Balaban J connectivity index is 1.82. The molecular formula is C25H28F3N5O3. The highest BCUT2D eigenvalue weighted by atomic mass is 19.3. The van der Waals surface area contributed by atoms with Crippen molar-refractivity contribution in [2.24, 2.45) is 7.05 Å². The highest BCUT2D eigenvalue weighted by Crippen LogP contribution is 2.37. The number of anilines is 1. The lowest BCUT2D eigenvalue weighted by Crippen LogP contribution is -2.46. The number of halogens is 3. The smallest absolute Gasteiger partial charge is 0.266 e. The Morgan fingerprint density at radius 1 is 1.19 bits per heavy atom. The van der Waals surface area contributed by atoms with Crippen molar-refractivity contribution >= 4 is 23.3 Å². The van der Waals surface area contributed by atoms with Gasteiger partial charge in [0.15, 0.2) is 0 Å². The van der Waals surface area contributed by atoms with E-state index in [-0.39, 0.29) is 11.1 Å². The summed E-state index contributed by atoms with van der Waals surface area (Å²) in [5.41, 5.74) is -1.02. The number of pyridine rings is 1. The number of carbonyl (C=O) groups is 1. The van der Waals surface area contributed by atoms with Crippen LogP contribution < -0.4 is 10.9 Å². The van der Waals surface area contributed by atoms with Crippen LogP contribution in [0.25, 0.3) is 11.0 Å². The highest BCUT2D eigenvalue weighted by molar-refractivity contribution is 5.87. The van der Waals surface area contributed by atoms with Gasteiger partial charge in [0.2, 0.25) is 6.41 Å². The van der Waals surface area contributed by atoms with Crippen molar-refractivity contribution in [2.75, 3.05) is 25.5 Å². The summed E-state index contributed by atoms with van der Waals surface area (Å²) in [6.45, 7) is 4.18. The van der Waals surface area contributed by atoms with E-state index in [1.165, 1.54) is 23.8 Å². The summed E-state index contributed by atoms with van der Waals surface area (Å²) in [5.74, 6) is -0.265. The number of methoxy groups -OCH3 is 1. The molecular weight excluding hydrogens is 475 g/mol. The molecule has 2 aromatic heterocycles. The third kappa shape index (κ3) is 4.43. The van der Waals surface area contributed by atoms with E-state index in [9.17, 15) is 22.8 Å². The number of fused-ring (bicyclic) bond motifs is 1. The lowest BCUT2D eigenvalue weighted by Gasteiger charge is -2.39. The number of likely N-dealkylation sites (tertiary alicyclic amines) is 1. The second-order valence-electron chi connectivity index (χ2n) is 9.04. The summed E-state index contributed by atoms with van der Waals surface area (Å²) in [4.78, 5) is 35.2. The number of ether oxygens (including phenoxy) is 1. The molecule has 36 heavy (non-hydrogen) atoms. The van der Waals surface area contributed by atoms with Gasteiger partial charge in [-0.05, 0) is 32.8 Å². The van der Waals surface area contributed by atoms with E-state index in [4.69, 9.17) is 4.74 Å². The van der Waals surface area contributed by atoms with E-state index in [2.05, 4.69) is 15.3 Å². The molecule has 1 aliphatic rings. The molecule has 3 heterocycles. The van der Waals surface area contributed by atoms with E-state index in [1.807, 2.05) is 0 Å². The Hall–Kier alpha value is -3.47. The molecule has 1 aliphatic heterocycles. The molecule has 1 aromatic carbocycles. The van der Waals surface area contributed by atoms with Gasteiger partial charge in [-0.15, -0.1) is 0 Å². The van der Waals surface area contributed by atoms with Gasteiger partial charge in [-0.2, -0.15) is 0 Å². The van der Waals surface area contributed by atoms with Crippen molar-refractivity contribution in [3.8, 4) is 0 Å². The lowest BCUT2D eigenvalue weighted by atomic mass is 9.84. The molecule has 0 spiro atoms. The van der Waals surface area contributed by atoms with Crippen LogP contribution in [0.1, 0.15) is 54.7 Å². The number of carbonyl (C=O) groups excluding carboxylic acids is 1. The van der Waals surface area contributed by atoms with Crippen molar-refractivity contribution in [1.82, 2.24) is 19.4 Å². The molecule has 11 heteroatoms. The van der Waals surface area contributed by atoms with Crippen LogP contribution in [0, 0.1) is 12.7 Å². The van der Waals surface area contributed by atoms with Crippen LogP contribution in [0.15, 0.2) is 29.1 Å². The first kappa shape index (κ1) is 25.6. The minimum Gasteiger partial charge on any atom is -0.373 e. The number of hydrogen-bond donors (Lipinski definition) is 1. The van der Waals surface area contributed by atoms with Crippen LogP contribution in [-0.4, -0.2) is 46.0 Å². The van der Waals surface area contributed by atoms with Crippen molar-refractivity contribution in [1.29, 1.82) is 0 Å². The summed E-state index contributed by atoms with van der Waals surface area (Å²) in [6.07, 6.45) is -1.30. The molecule has 4 rings (SSSR count). The van der Waals surface area contributed by atoms with Gasteiger partial charge in [-0.3, -0.25) is 14.2 Å². The zero-order valence-corrected chi connectivity index (χ0v) is 20.5. The summed E-state index contributed by atoms with van der Waals surface area (Å²) in [7, 11) is 3.13. The van der Waals surface area contributed by atoms with Crippen LogP contribution in [0.2, 0.25) is 0 Å². The fraction of sp³-hybridized carbons (Fsp3) is 0.440. The second-order valence-corrected chi connectivity index (χ2v) is 9.04. The van der Waals surface area contributed by atoms with Crippen molar-refractivity contribution in [3.05, 3.63) is 63.0 Å². The summed E-state index contributed by atoms with van der Waals surface area (Å²) in [6, 6.07) is 4.85. The first-order chi connectivity index (χ1) is 17.1. The zero-order chi connectivity index (χ0) is 26.2. The van der Waals surface area contributed by atoms with Gasteiger partial charge in [-0.1, -0.05) is 18.2 Å². The Labute approximate surface area is 206 Å². The average Bonchev–Trinajstić information content (AvgIpc) is 2.86. The Kier molecular flexibility index (Phi) is 7.03. The molecule has 0 aliphatic carbocycles. The standard InChI is InChI=1S/C25H28F3N5O3/c1-14(16-6-5-7-17(20(16)26)21(27)28)29-22-18-12-19(24(35)32(3)23(18)31-15(2)30-22)25(36-4)8-10-33(13-34)11-9-25/h5-7,12-14,21H,8-11H2,1-4H3,(H,29,30,31)/t14-/m1/s1. The first-order valence-electron chi connectivity index (χ1n) is 11.6.